The summed E-state index contributed by atoms with van der Waals surface area (Å²) in [6.07, 6.45) is 1.40. The summed E-state index contributed by atoms with van der Waals surface area (Å²) in [5.74, 6) is 0.621. The van der Waals surface area contributed by atoms with Gasteiger partial charge in [0.05, 0.1) is 18.5 Å². The Morgan fingerprint density at radius 3 is 2.67 bits per heavy atom. The molecule has 0 bridgehead atoms. The van der Waals surface area contributed by atoms with E-state index >= 15 is 0 Å². The van der Waals surface area contributed by atoms with Crippen LogP contribution in [0.1, 0.15) is 11.4 Å². The molecule has 2 N–H and O–H groups in total. The molecule has 0 radical (unpaired) electrons. The van der Waals surface area contributed by atoms with Gasteiger partial charge in [0, 0.05) is 6.07 Å². The molecule has 0 aliphatic carbocycles. The maximum Gasteiger partial charge on any atom is 0.177 e. The van der Waals surface area contributed by atoms with Crippen molar-refractivity contribution in [1.82, 2.24) is 9.55 Å². The quantitative estimate of drug-likeness (QED) is 0.793. The fraction of sp³-hybridized carbons (Fsp3) is 0.0833. The van der Waals surface area contributed by atoms with Gasteiger partial charge in [-0.1, -0.05) is 0 Å². The molecule has 0 atom stereocenters. The Balaban J connectivity index is 2.60. The molecule has 1 aromatic carbocycles. The first kappa shape index (κ1) is 11.5. The Morgan fingerprint density at radius 1 is 1.33 bits per heavy atom. The summed E-state index contributed by atoms with van der Waals surface area (Å²) in [7, 11) is 1.54. The number of imidazole rings is 1. The van der Waals surface area contributed by atoms with Gasteiger partial charge in [0.25, 0.3) is 0 Å². The Bertz CT molecular complexity index is 675. The standard InChI is InChI=1S/C12H9N5O/c1-18-8-2-3-11(9(15)4-8)17-7-16-10(5-13)12(17)6-14/h2-4,7H,15H2,1H3. The first-order valence-electron chi connectivity index (χ1n) is 5.02. The number of rotatable bonds is 2. The molecule has 18 heavy (non-hydrogen) atoms. The van der Waals surface area contributed by atoms with Crippen LogP contribution in [0.15, 0.2) is 24.5 Å². The number of hydrogen-bond acceptors (Lipinski definition) is 5. The first-order valence-corrected chi connectivity index (χ1v) is 5.02. The van der Waals surface area contributed by atoms with Gasteiger partial charge in [0.1, 0.15) is 24.2 Å². The van der Waals surface area contributed by atoms with Gasteiger partial charge in [-0.3, -0.25) is 4.57 Å². The molecule has 2 rings (SSSR count). The number of methoxy groups -OCH3 is 1. The van der Waals surface area contributed by atoms with Crippen LogP contribution >= 0.6 is 0 Å². The zero-order chi connectivity index (χ0) is 13.1. The van der Waals surface area contributed by atoms with Gasteiger partial charge >= 0.3 is 0 Å². The predicted molar refractivity (Wildman–Crippen MR) is 64.0 cm³/mol. The molecule has 0 fully saturated rings. The van der Waals surface area contributed by atoms with E-state index < -0.39 is 0 Å². The van der Waals surface area contributed by atoms with Crippen LogP contribution in [0.3, 0.4) is 0 Å². The molecule has 0 amide bonds. The molecule has 0 saturated heterocycles. The fourth-order valence-corrected chi connectivity index (χ4v) is 1.60. The highest BCUT2D eigenvalue weighted by Crippen LogP contribution is 2.24. The third-order valence-corrected chi connectivity index (χ3v) is 2.47. The van der Waals surface area contributed by atoms with E-state index in [-0.39, 0.29) is 11.4 Å². The lowest BCUT2D eigenvalue weighted by Crippen LogP contribution is -2.01. The summed E-state index contributed by atoms with van der Waals surface area (Å²) >= 11 is 0. The van der Waals surface area contributed by atoms with E-state index in [0.717, 1.165) is 0 Å². The number of nitrogen functional groups attached to an aromatic ring is 1. The normalized spacial score (nSPS) is 9.50. The van der Waals surface area contributed by atoms with E-state index in [1.54, 1.807) is 25.3 Å². The highest BCUT2D eigenvalue weighted by atomic mass is 16.5. The second kappa shape index (κ2) is 4.48. The van der Waals surface area contributed by atoms with Crippen LogP contribution in [0.2, 0.25) is 0 Å². The largest absolute Gasteiger partial charge is 0.497 e. The molecule has 2 aromatic rings. The van der Waals surface area contributed by atoms with Crippen LogP contribution in [-0.2, 0) is 0 Å². The first-order chi connectivity index (χ1) is 8.71. The van der Waals surface area contributed by atoms with Crippen molar-refractivity contribution in [2.75, 3.05) is 12.8 Å². The summed E-state index contributed by atoms with van der Waals surface area (Å²) in [5, 5.41) is 17.9. The number of aromatic nitrogens is 2. The highest BCUT2D eigenvalue weighted by Gasteiger charge is 2.13. The zero-order valence-electron chi connectivity index (χ0n) is 9.58. The lowest BCUT2D eigenvalue weighted by atomic mass is 10.2. The number of nitrogens with zero attached hydrogens (tertiary/aromatic N) is 4. The summed E-state index contributed by atoms with van der Waals surface area (Å²) in [4.78, 5) is 3.86. The van der Waals surface area contributed by atoms with E-state index in [9.17, 15) is 0 Å². The van der Waals surface area contributed by atoms with E-state index in [1.165, 1.54) is 10.9 Å². The number of hydrogen-bond donors (Lipinski definition) is 1. The molecule has 6 heteroatoms. The smallest absolute Gasteiger partial charge is 0.177 e. The van der Waals surface area contributed by atoms with Crippen molar-refractivity contribution in [3.8, 4) is 23.6 Å². The molecule has 1 aromatic heterocycles. The minimum Gasteiger partial charge on any atom is -0.497 e. The van der Waals surface area contributed by atoms with Crippen molar-refractivity contribution >= 4 is 5.69 Å². The van der Waals surface area contributed by atoms with Gasteiger partial charge in [0.15, 0.2) is 11.4 Å². The van der Waals surface area contributed by atoms with Crippen LogP contribution in [0.25, 0.3) is 5.69 Å². The molecule has 0 aliphatic rings. The molecule has 1 heterocycles. The van der Waals surface area contributed by atoms with Gasteiger partial charge < -0.3 is 10.5 Å². The SMILES string of the molecule is COc1ccc(-n2cnc(C#N)c2C#N)c(N)c1. The van der Waals surface area contributed by atoms with Crippen LogP contribution in [0.4, 0.5) is 5.69 Å². The lowest BCUT2D eigenvalue weighted by Gasteiger charge is -2.09. The average molecular weight is 239 g/mol. The average Bonchev–Trinajstić information content (AvgIpc) is 2.81. The Labute approximate surface area is 103 Å². The second-order valence-corrected chi connectivity index (χ2v) is 3.46. The van der Waals surface area contributed by atoms with Gasteiger partial charge in [-0.05, 0) is 12.1 Å². The van der Waals surface area contributed by atoms with Crippen molar-refractivity contribution < 1.29 is 4.74 Å². The summed E-state index contributed by atoms with van der Waals surface area (Å²) in [6, 6.07) is 8.87. The molecular weight excluding hydrogens is 230 g/mol. The maximum absolute atomic E-state index is 9.04. The van der Waals surface area contributed by atoms with E-state index in [0.29, 0.717) is 17.1 Å². The number of nitriles is 2. The second-order valence-electron chi connectivity index (χ2n) is 3.46. The van der Waals surface area contributed by atoms with Crippen molar-refractivity contribution in [2.45, 2.75) is 0 Å². The molecule has 0 aliphatic heterocycles. The van der Waals surface area contributed by atoms with E-state index in [4.69, 9.17) is 21.0 Å². The zero-order valence-corrected chi connectivity index (χ0v) is 9.58. The number of ether oxygens (including phenoxy) is 1. The van der Waals surface area contributed by atoms with Crippen LogP contribution in [0.5, 0.6) is 5.75 Å². The third kappa shape index (κ3) is 1.72. The molecule has 6 nitrogen and oxygen atoms in total. The molecule has 0 spiro atoms. The van der Waals surface area contributed by atoms with Crippen LogP contribution < -0.4 is 10.5 Å². The number of nitrogens with two attached hydrogens (primary N) is 1. The van der Waals surface area contributed by atoms with Crippen molar-refractivity contribution in [2.24, 2.45) is 0 Å². The van der Waals surface area contributed by atoms with E-state index in [1.807, 2.05) is 12.1 Å². The summed E-state index contributed by atoms with van der Waals surface area (Å²) in [5.41, 5.74) is 7.14. The maximum atomic E-state index is 9.04. The van der Waals surface area contributed by atoms with Crippen LogP contribution in [-0.4, -0.2) is 16.7 Å². The summed E-state index contributed by atoms with van der Waals surface area (Å²) < 4.78 is 6.53. The highest BCUT2D eigenvalue weighted by molar-refractivity contribution is 5.62. The topological polar surface area (TPSA) is 101 Å². The molecule has 0 saturated carbocycles. The van der Waals surface area contributed by atoms with Gasteiger partial charge in [-0.15, -0.1) is 0 Å². The van der Waals surface area contributed by atoms with Crippen molar-refractivity contribution in [3.63, 3.8) is 0 Å². The Morgan fingerprint density at radius 2 is 2.11 bits per heavy atom. The van der Waals surface area contributed by atoms with Crippen molar-refractivity contribution in [3.05, 3.63) is 35.9 Å². The monoisotopic (exact) mass is 239 g/mol. The molecular formula is C12H9N5O. The molecule has 0 unspecified atom stereocenters. The number of anilines is 1. The van der Waals surface area contributed by atoms with Crippen molar-refractivity contribution in [1.29, 1.82) is 10.5 Å². The Kier molecular flexibility index (Phi) is 2.86. The minimum atomic E-state index is 0.0766. The number of benzene rings is 1. The van der Waals surface area contributed by atoms with Crippen LogP contribution in [0, 0.1) is 22.7 Å². The third-order valence-electron chi connectivity index (χ3n) is 2.47. The predicted octanol–water partition coefficient (Wildman–Crippen LogP) is 1.21. The van der Waals surface area contributed by atoms with Gasteiger partial charge in [-0.25, -0.2) is 4.98 Å². The fourth-order valence-electron chi connectivity index (χ4n) is 1.60. The van der Waals surface area contributed by atoms with E-state index in [2.05, 4.69) is 4.98 Å². The summed E-state index contributed by atoms with van der Waals surface area (Å²) in [6.45, 7) is 0. The van der Waals surface area contributed by atoms with Gasteiger partial charge in [-0.2, -0.15) is 10.5 Å². The lowest BCUT2D eigenvalue weighted by molar-refractivity contribution is 0.415. The molecule has 88 valence electrons. The minimum absolute atomic E-state index is 0.0766. The van der Waals surface area contributed by atoms with Gasteiger partial charge in [0.2, 0.25) is 0 Å². The Hall–Kier alpha value is -2.99.